The van der Waals surface area contributed by atoms with E-state index in [9.17, 15) is 9.90 Å². The molecule has 0 radical (unpaired) electrons. The zero-order valence-electron chi connectivity index (χ0n) is 12.2. The Morgan fingerprint density at radius 3 is 2.29 bits per heavy atom. The molecule has 1 aromatic carbocycles. The molecule has 3 nitrogen and oxygen atoms in total. The van der Waals surface area contributed by atoms with E-state index in [0.717, 1.165) is 44.1 Å². The molecule has 114 valence electrons. The van der Waals surface area contributed by atoms with Crippen LogP contribution in [-0.4, -0.2) is 24.2 Å². The van der Waals surface area contributed by atoms with E-state index in [-0.39, 0.29) is 23.3 Å². The monoisotopic (exact) mass is 307 g/mol. The highest BCUT2D eigenvalue weighted by Gasteiger charge is 2.51. The molecule has 0 bridgehead atoms. The molecule has 0 saturated heterocycles. The van der Waals surface area contributed by atoms with Crippen LogP contribution in [0.3, 0.4) is 0 Å². The van der Waals surface area contributed by atoms with Crippen molar-refractivity contribution < 1.29 is 9.90 Å². The number of benzene rings is 1. The zero-order chi connectivity index (χ0) is 14.9. The van der Waals surface area contributed by atoms with Crippen molar-refractivity contribution in [2.24, 2.45) is 5.41 Å². The second-order valence-corrected chi connectivity index (χ2v) is 7.07. The predicted octanol–water partition coefficient (Wildman–Crippen LogP) is 3.04. The van der Waals surface area contributed by atoms with Crippen LogP contribution in [0, 0.1) is 5.41 Å². The van der Waals surface area contributed by atoms with Gasteiger partial charge >= 0.3 is 0 Å². The number of halogens is 1. The Morgan fingerprint density at radius 2 is 1.76 bits per heavy atom. The maximum atomic E-state index is 12.6. The minimum absolute atomic E-state index is 0.0915. The summed E-state index contributed by atoms with van der Waals surface area (Å²) in [6.45, 7) is 0.763. The summed E-state index contributed by atoms with van der Waals surface area (Å²) in [6, 6.07) is 7.59. The van der Waals surface area contributed by atoms with Crippen LogP contribution < -0.4 is 5.32 Å². The van der Waals surface area contributed by atoms with E-state index in [1.165, 1.54) is 0 Å². The fourth-order valence-electron chi connectivity index (χ4n) is 3.49. The summed E-state index contributed by atoms with van der Waals surface area (Å²) < 4.78 is 0. The van der Waals surface area contributed by atoms with Gasteiger partial charge in [-0.25, -0.2) is 0 Å². The first-order valence-electron chi connectivity index (χ1n) is 7.76. The van der Waals surface area contributed by atoms with Crippen LogP contribution in [0.2, 0.25) is 5.02 Å². The summed E-state index contributed by atoms with van der Waals surface area (Å²) in [5, 5.41) is 13.4. The van der Waals surface area contributed by atoms with Crippen LogP contribution >= 0.6 is 11.6 Å². The molecular formula is C17H22ClNO2. The molecule has 2 fully saturated rings. The molecule has 1 amide bonds. The van der Waals surface area contributed by atoms with Crippen molar-refractivity contribution in [1.29, 1.82) is 0 Å². The number of hydrogen-bond acceptors (Lipinski definition) is 2. The smallest absolute Gasteiger partial charge is 0.230 e. The normalized spacial score (nSPS) is 22.0. The van der Waals surface area contributed by atoms with Crippen molar-refractivity contribution in [3.8, 4) is 0 Å². The predicted molar refractivity (Wildman–Crippen MR) is 83.4 cm³/mol. The van der Waals surface area contributed by atoms with Gasteiger partial charge < -0.3 is 10.4 Å². The van der Waals surface area contributed by atoms with Crippen LogP contribution in [0.5, 0.6) is 0 Å². The molecular weight excluding hydrogens is 286 g/mol. The Morgan fingerprint density at radius 1 is 1.14 bits per heavy atom. The maximum Gasteiger partial charge on any atom is 0.230 e. The quantitative estimate of drug-likeness (QED) is 0.878. The van der Waals surface area contributed by atoms with Crippen molar-refractivity contribution in [1.82, 2.24) is 5.32 Å². The molecule has 4 heteroatoms. The second kappa shape index (κ2) is 5.62. The third-order valence-electron chi connectivity index (χ3n) is 5.21. The summed E-state index contributed by atoms with van der Waals surface area (Å²) in [5.74, 6) is 0.101. The van der Waals surface area contributed by atoms with E-state index in [4.69, 9.17) is 11.6 Å². The third kappa shape index (κ3) is 2.82. The zero-order valence-corrected chi connectivity index (χ0v) is 13.0. The van der Waals surface area contributed by atoms with E-state index >= 15 is 0 Å². The van der Waals surface area contributed by atoms with Crippen molar-refractivity contribution in [3.05, 3.63) is 34.9 Å². The van der Waals surface area contributed by atoms with Crippen LogP contribution in [0.1, 0.15) is 44.1 Å². The number of carbonyl (C=O) groups is 1. The van der Waals surface area contributed by atoms with Crippen molar-refractivity contribution >= 4 is 17.5 Å². The largest absolute Gasteiger partial charge is 0.396 e. The molecule has 2 N–H and O–H groups in total. The van der Waals surface area contributed by atoms with Gasteiger partial charge in [-0.3, -0.25) is 4.79 Å². The molecule has 0 unspecified atom stereocenters. The highest BCUT2D eigenvalue weighted by atomic mass is 35.5. The molecule has 3 rings (SSSR count). The molecule has 2 saturated carbocycles. The van der Waals surface area contributed by atoms with Crippen LogP contribution in [0.25, 0.3) is 0 Å². The molecule has 0 spiro atoms. The summed E-state index contributed by atoms with van der Waals surface area (Å²) in [4.78, 5) is 12.6. The number of aliphatic hydroxyl groups is 1. The lowest BCUT2D eigenvalue weighted by atomic mass is 9.86. The van der Waals surface area contributed by atoms with E-state index < -0.39 is 0 Å². The molecule has 0 heterocycles. The van der Waals surface area contributed by atoms with Crippen LogP contribution in [0.4, 0.5) is 0 Å². The number of carbonyl (C=O) groups excluding carboxylic acids is 1. The second-order valence-electron chi connectivity index (χ2n) is 6.64. The lowest BCUT2D eigenvalue weighted by Crippen LogP contribution is -2.42. The number of aliphatic hydroxyl groups excluding tert-OH is 1. The van der Waals surface area contributed by atoms with Gasteiger partial charge in [0.25, 0.3) is 0 Å². The number of hydrogen-bond donors (Lipinski definition) is 2. The number of amides is 1. The van der Waals surface area contributed by atoms with Crippen molar-refractivity contribution in [2.75, 3.05) is 13.2 Å². The number of nitrogens with one attached hydrogen (secondary N) is 1. The summed E-state index contributed by atoms with van der Waals surface area (Å²) >= 11 is 5.92. The summed E-state index contributed by atoms with van der Waals surface area (Å²) in [5.41, 5.74) is 0.597. The molecule has 1 aromatic rings. The van der Waals surface area contributed by atoms with Gasteiger partial charge in [-0.15, -0.1) is 0 Å². The van der Waals surface area contributed by atoms with Gasteiger partial charge in [-0.2, -0.15) is 0 Å². The summed E-state index contributed by atoms with van der Waals surface area (Å²) in [6.07, 6.45) is 6.12. The highest BCUT2D eigenvalue weighted by Crippen LogP contribution is 2.49. The van der Waals surface area contributed by atoms with Gasteiger partial charge in [0.15, 0.2) is 0 Å². The van der Waals surface area contributed by atoms with Crippen molar-refractivity contribution in [2.45, 2.75) is 43.9 Å². The molecule has 0 atom stereocenters. The first kappa shape index (κ1) is 14.9. The molecule has 21 heavy (non-hydrogen) atoms. The van der Waals surface area contributed by atoms with E-state index in [1.807, 2.05) is 24.3 Å². The highest BCUT2D eigenvalue weighted by molar-refractivity contribution is 6.30. The molecule has 2 aliphatic carbocycles. The average molecular weight is 308 g/mol. The van der Waals surface area contributed by atoms with E-state index in [2.05, 4.69) is 5.32 Å². The first-order chi connectivity index (χ1) is 10.1. The Kier molecular flexibility index (Phi) is 3.98. The average Bonchev–Trinajstić information content (AvgIpc) is 3.18. The van der Waals surface area contributed by atoms with E-state index in [0.29, 0.717) is 11.6 Å². The van der Waals surface area contributed by atoms with Gasteiger partial charge in [0.2, 0.25) is 5.91 Å². The molecule has 0 aliphatic heterocycles. The molecule has 0 aromatic heterocycles. The first-order valence-corrected chi connectivity index (χ1v) is 8.13. The minimum Gasteiger partial charge on any atom is -0.396 e. The SMILES string of the molecule is O=C(NCC1(CO)CCCC1)C1(c2ccc(Cl)cc2)CC1. The lowest BCUT2D eigenvalue weighted by Gasteiger charge is -2.28. The van der Waals surface area contributed by atoms with Gasteiger partial charge in [-0.1, -0.05) is 36.6 Å². The van der Waals surface area contributed by atoms with Gasteiger partial charge in [0, 0.05) is 17.0 Å². The summed E-state index contributed by atoms with van der Waals surface area (Å²) in [7, 11) is 0. The Balaban J connectivity index is 1.66. The van der Waals surface area contributed by atoms with Gasteiger partial charge in [-0.05, 0) is 43.4 Å². The lowest BCUT2D eigenvalue weighted by molar-refractivity contribution is -0.124. The Bertz CT molecular complexity index is 516. The Labute approximate surface area is 130 Å². The topological polar surface area (TPSA) is 49.3 Å². The maximum absolute atomic E-state index is 12.6. The van der Waals surface area contributed by atoms with Gasteiger partial charge in [0.1, 0.15) is 0 Å². The van der Waals surface area contributed by atoms with E-state index in [1.54, 1.807) is 0 Å². The minimum atomic E-state index is -0.361. The Hall–Kier alpha value is -1.06. The van der Waals surface area contributed by atoms with Crippen LogP contribution in [0.15, 0.2) is 24.3 Å². The fraction of sp³-hybridized carbons (Fsp3) is 0.588. The molecule has 2 aliphatic rings. The standard InChI is InChI=1S/C17H22ClNO2/c18-14-5-3-13(4-6-14)17(9-10-17)15(21)19-11-16(12-20)7-1-2-8-16/h3-6,20H,1-2,7-12H2,(H,19,21). The van der Waals surface area contributed by atoms with Gasteiger partial charge in [0.05, 0.1) is 12.0 Å². The van der Waals surface area contributed by atoms with Crippen LogP contribution in [-0.2, 0) is 10.2 Å². The fourth-order valence-corrected chi connectivity index (χ4v) is 3.62. The van der Waals surface area contributed by atoms with Crippen molar-refractivity contribution in [3.63, 3.8) is 0 Å². The number of rotatable bonds is 5. The third-order valence-corrected chi connectivity index (χ3v) is 5.46.